The maximum Gasteiger partial charge on any atom is 0.130 e. The summed E-state index contributed by atoms with van der Waals surface area (Å²) in [6.07, 6.45) is 0. The number of methoxy groups -OCH3 is 3. The molecule has 1 unspecified atom stereocenters. The number of nitrogens with one attached hydrogen (secondary N) is 1. The summed E-state index contributed by atoms with van der Waals surface area (Å²) in [5.74, 6) is 6.10. The van der Waals surface area contributed by atoms with E-state index in [0.717, 1.165) is 35.9 Å². The molecule has 0 spiro atoms. The largest absolute Gasteiger partial charge is 0.496 e. The molecular formula is C15H23NO3S2. The van der Waals surface area contributed by atoms with Gasteiger partial charge in [0.25, 0.3) is 0 Å². The number of hydrogen-bond donors (Lipinski definition) is 1. The van der Waals surface area contributed by atoms with Gasteiger partial charge in [-0.3, -0.25) is 0 Å². The van der Waals surface area contributed by atoms with E-state index in [1.807, 2.05) is 23.9 Å². The van der Waals surface area contributed by atoms with E-state index in [2.05, 4.69) is 17.1 Å². The van der Waals surface area contributed by atoms with E-state index in [4.69, 9.17) is 14.2 Å². The van der Waals surface area contributed by atoms with Gasteiger partial charge in [0.15, 0.2) is 0 Å². The van der Waals surface area contributed by atoms with Crippen molar-refractivity contribution < 1.29 is 14.2 Å². The highest BCUT2D eigenvalue weighted by atomic mass is 32.2. The van der Waals surface area contributed by atoms with Crippen LogP contribution in [0.15, 0.2) is 12.1 Å². The third-order valence-electron chi connectivity index (χ3n) is 3.38. The third kappa shape index (κ3) is 4.63. The first-order valence-corrected chi connectivity index (χ1v) is 9.17. The second-order valence-corrected chi connectivity index (χ2v) is 7.27. The molecule has 0 aliphatic carbocycles. The number of hydrogen-bond acceptors (Lipinski definition) is 6. The van der Waals surface area contributed by atoms with Gasteiger partial charge in [0.05, 0.1) is 26.9 Å². The predicted octanol–water partition coefficient (Wildman–Crippen LogP) is 2.65. The van der Waals surface area contributed by atoms with Crippen molar-refractivity contribution in [1.29, 1.82) is 0 Å². The Morgan fingerprint density at radius 3 is 2.33 bits per heavy atom. The van der Waals surface area contributed by atoms with Crippen LogP contribution in [0.3, 0.4) is 0 Å². The van der Waals surface area contributed by atoms with Gasteiger partial charge in [-0.15, -0.1) is 0 Å². The normalized spacial score (nSPS) is 18.3. The zero-order valence-corrected chi connectivity index (χ0v) is 14.4. The first kappa shape index (κ1) is 16.6. The molecule has 6 heteroatoms. The van der Waals surface area contributed by atoms with Crippen molar-refractivity contribution in [2.45, 2.75) is 11.8 Å². The van der Waals surface area contributed by atoms with Crippen molar-refractivity contribution in [2.75, 3.05) is 45.1 Å². The average molecular weight is 329 g/mol. The summed E-state index contributed by atoms with van der Waals surface area (Å²) in [4.78, 5) is 0. The Balaban J connectivity index is 2.00. The van der Waals surface area contributed by atoms with E-state index in [0.29, 0.717) is 5.25 Å². The molecular weight excluding hydrogens is 306 g/mol. The van der Waals surface area contributed by atoms with Gasteiger partial charge in [-0.25, -0.2) is 0 Å². The lowest BCUT2D eigenvalue weighted by atomic mass is 10.1. The van der Waals surface area contributed by atoms with Crippen LogP contribution in [0.1, 0.15) is 5.56 Å². The van der Waals surface area contributed by atoms with Crippen molar-refractivity contribution in [3.05, 3.63) is 17.7 Å². The average Bonchev–Trinajstić information content (AvgIpc) is 2.55. The molecule has 0 aromatic heterocycles. The Bertz CT molecular complexity index is 426. The van der Waals surface area contributed by atoms with Gasteiger partial charge < -0.3 is 19.5 Å². The second kappa shape index (κ2) is 8.66. The molecule has 1 aliphatic rings. The van der Waals surface area contributed by atoms with Gasteiger partial charge in [-0.2, -0.15) is 23.5 Å². The smallest absolute Gasteiger partial charge is 0.130 e. The molecule has 2 rings (SSSR count). The Morgan fingerprint density at radius 1 is 1.10 bits per heavy atom. The molecule has 1 N–H and O–H groups in total. The van der Waals surface area contributed by atoms with Gasteiger partial charge in [0.2, 0.25) is 0 Å². The minimum Gasteiger partial charge on any atom is -0.496 e. The van der Waals surface area contributed by atoms with E-state index in [1.54, 1.807) is 21.3 Å². The maximum absolute atomic E-state index is 5.46. The highest BCUT2D eigenvalue weighted by Crippen LogP contribution is 2.34. The summed E-state index contributed by atoms with van der Waals surface area (Å²) in [5, 5.41) is 4.22. The van der Waals surface area contributed by atoms with Crippen LogP contribution in [-0.4, -0.2) is 50.4 Å². The molecule has 21 heavy (non-hydrogen) atoms. The molecule has 0 radical (unpaired) electrons. The highest BCUT2D eigenvalue weighted by molar-refractivity contribution is 8.06. The van der Waals surface area contributed by atoms with Crippen LogP contribution in [0.5, 0.6) is 17.2 Å². The maximum atomic E-state index is 5.46. The molecule has 1 atom stereocenters. The number of thioether (sulfide) groups is 2. The van der Waals surface area contributed by atoms with Gasteiger partial charge in [-0.05, 0) is 0 Å². The van der Waals surface area contributed by atoms with Gasteiger partial charge in [-0.1, -0.05) is 0 Å². The van der Waals surface area contributed by atoms with Gasteiger partial charge in [0, 0.05) is 47.7 Å². The van der Waals surface area contributed by atoms with E-state index in [9.17, 15) is 0 Å². The van der Waals surface area contributed by atoms with E-state index >= 15 is 0 Å². The zero-order chi connectivity index (χ0) is 15.1. The SMILES string of the molecule is COc1cc(OC)c(CNCC2CSCCS2)c(OC)c1. The number of benzene rings is 1. The monoisotopic (exact) mass is 329 g/mol. The fraction of sp³-hybridized carbons (Fsp3) is 0.600. The molecule has 1 aromatic rings. The number of ether oxygens (including phenoxy) is 3. The van der Waals surface area contributed by atoms with Crippen LogP contribution in [-0.2, 0) is 6.54 Å². The Hall–Kier alpha value is -0.720. The standard InChI is InChI=1S/C15H23NO3S2/c1-17-11-6-14(18-2)13(15(7-11)19-3)9-16-8-12-10-20-4-5-21-12/h6-7,12,16H,4-5,8-10H2,1-3H3. The fourth-order valence-electron chi connectivity index (χ4n) is 2.26. The third-order valence-corrected chi connectivity index (χ3v) is 6.22. The Morgan fingerprint density at radius 2 is 1.81 bits per heavy atom. The predicted molar refractivity (Wildman–Crippen MR) is 91.4 cm³/mol. The summed E-state index contributed by atoms with van der Waals surface area (Å²) in [7, 11) is 4.99. The summed E-state index contributed by atoms with van der Waals surface area (Å²) in [6, 6.07) is 3.79. The molecule has 0 bridgehead atoms. The first-order chi connectivity index (χ1) is 10.3. The van der Waals surface area contributed by atoms with Gasteiger partial charge in [0.1, 0.15) is 17.2 Å². The molecule has 1 saturated heterocycles. The van der Waals surface area contributed by atoms with E-state index in [1.165, 1.54) is 17.3 Å². The van der Waals surface area contributed by atoms with Gasteiger partial charge >= 0.3 is 0 Å². The van der Waals surface area contributed by atoms with Crippen molar-refractivity contribution in [3.8, 4) is 17.2 Å². The molecule has 1 aliphatic heterocycles. The molecule has 1 heterocycles. The van der Waals surface area contributed by atoms with E-state index in [-0.39, 0.29) is 0 Å². The lowest BCUT2D eigenvalue weighted by Crippen LogP contribution is -2.28. The van der Waals surface area contributed by atoms with Crippen LogP contribution in [0.25, 0.3) is 0 Å². The Labute approximate surface area is 135 Å². The van der Waals surface area contributed by atoms with Crippen LogP contribution in [0, 0.1) is 0 Å². The first-order valence-electron chi connectivity index (χ1n) is 6.97. The highest BCUT2D eigenvalue weighted by Gasteiger charge is 2.16. The summed E-state index contributed by atoms with van der Waals surface area (Å²) in [5.41, 5.74) is 1.04. The van der Waals surface area contributed by atoms with Crippen molar-refractivity contribution in [2.24, 2.45) is 0 Å². The second-order valence-electron chi connectivity index (χ2n) is 4.71. The van der Waals surface area contributed by atoms with Crippen molar-refractivity contribution in [1.82, 2.24) is 5.32 Å². The van der Waals surface area contributed by atoms with Crippen LogP contribution in [0.2, 0.25) is 0 Å². The van der Waals surface area contributed by atoms with E-state index < -0.39 is 0 Å². The lowest BCUT2D eigenvalue weighted by Gasteiger charge is -2.22. The summed E-state index contributed by atoms with van der Waals surface area (Å²) < 4.78 is 16.2. The molecule has 118 valence electrons. The van der Waals surface area contributed by atoms with Crippen LogP contribution in [0.4, 0.5) is 0 Å². The molecule has 0 saturated carbocycles. The zero-order valence-electron chi connectivity index (χ0n) is 12.8. The number of rotatable bonds is 7. The molecule has 1 fully saturated rings. The summed E-state index contributed by atoms with van der Waals surface area (Å²) >= 11 is 4.10. The van der Waals surface area contributed by atoms with Crippen LogP contribution >= 0.6 is 23.5 Å². The van der Waals surface area contributed by atoms with Crippen molar-refractivity contribution >= 4 is 23.5 Å². The molecule has 0 amide bonds. The summed E-state index contributed by atoms with van der Waals surface area (Å²) in [6.45, 7) is 1.74. The van der Waals surface area contributed by atoms with Crippen LogP contribution < -0.4 is 19.5 Å². The topological polar surface area (TPSA) is 39.7 Å². The lowest BCUT2D eigenvalue weighted by molar-refractivity contribution is 0.366. The molecule has 4 nitrogen and oxygen atoms in total. The Kier molecular flexibility index (Phi) is 6.86. The van der Waals surface area contributed by atoms with Crippen molar-refractivity contribution in [3.63, 3.8) is 0 Å². The molecule has 1 aromatic carbocycles. The minimum absolute atomic E-state index is 0.694. The minimum atomic E-state index is 0.694. The fourth-order valence-corrected chi connectivity index (χ4v) is 4.91. The quantitative estimate of drug-likeness (QED) is 0.829.